The number of rotatable bonds is 4. The van der Waals surface area contributed by atoms with Crippen molar-refractivity contribution in [3.05, 3.63) is 63.3 Å². The van der Waals surface area contributed by atoms with Crippen LogP contribution in [0.1, 0.15) is 34.3 Å². The van der Waals surface area contributed by atoms with E-state index in [1.807, 2.05) is 4.90 Å². The third-order valence-corrected chi connectivity index (χ3v) is 6.26. The molecule has 4 rings (SSSR count). The molecule has 1 aromatic heterocycles. The zero-order valence-corrected chi connectivity index (χ0v) is 17.9. The van der Waals surface area contributed by atoms with Gasteiger partial charge in [0, 0.05) is 45.0 Å². The van der Waals surface area contributed by atoms with Crippen molar-refractivity contribution in [3.8, 4) is 5.69 Å². The zero-order chi connectivity index (χ0) is 22.1. The Kier molecular flexibility index (Phi) is 5.91. The Hall–Kier alpha value is -3.00. The van der Waals surface area contributed by atoms with Crippen molar-refractivity contribution >= 4 is 11.8 Å². The molecular formula is C23H27FN4O3. The highest BCUT2D eigenvalue weighted by Gasteiger charge is 2.30. The molecule has 1 N–H and O–H groups in total. The predicted octanol–water partition coefficient (Wildman–Crippen LogP) is 1.56. The Morgan fingerprint density at radius 1 is 1.19 bits per heavy atom. The highest BCUT2D eigenvalue weighted by Crippen LogP contribution is 2.25. The monoisotopic (exact) mass is 426 g/mol. The zero-order valence-electron chi connectivity index (χ0n) is 17.9. The van der Waals surface area contributed by atoms with Crippen molar-refractivity contribution in [2.75, 3.05) is 33.7 Å². The summed E-state index contributed by atoms with van der Waals surface area (Å²) >= 11 is 0. The Morgan fingerprint density at radius 2 is 1.94 bits per heavy atom. The van der Waals surface area contributed by atoms with Gasteiger partial charge in [0.2, 0.25) is 5.91 Å². The number of carbonyl (C=O) groups excluding carboxylic acids is 2. The van der Waals surface area contributed by atoms with E-state index < -0.39 is 17.3 Å². The summed E-state index contributed by atoms with van der Waals surface area (Å²) in [6.45, 7) is 2.78. The second-order valence-corrected chi connectivity index (χ2v) is 8.42. The number of nitrogens with zero attached hydrogens (tertiary/aromatic N) is 3. The summed E-state index contributed by atoms with van der Waals surface area (Å²) in [5.74, 6) is -0.387. The van der Waals surface area contributed by atoms with E-state index in [2.05, 4.69) is 17.3 Å². The van der Waals surface area contributed by atoms with Crippen LogP contribution in [0.3, 0.4) is 0 Å². The van der Waals surface area contributed by atoms with Gasteiger partial charge in [0.15, 0.2) is 0 Å². The minimum absolute atomic E-state index is 0.0915. The maximum Gasteiger partial charge on any atom is 0.268 e. The van der Waals surface area contributed by atoms with Crippen molar-refractivity contribution in [1.82, 2.24) is 19.7 Å². The third-order valence-electron chi connectivity index (χ3n) is 6.26. The van der Waals surface area contributed by atoms with Gasteiger partial charge >= 0.3 is 0 Å². The molecular weight excluding hydrogens is 399 g/mol. The molecule has 2 aromatic rings. The number of carbonyl (C=O) groups is 2. The van der Waals surface area contributed by atoms with Gasteiger partial charge < -0.3 is 15.1 Å². The van der Waals surface area contributed by atoms with Crippen molar-refractivity contribution in [1.29, 1.82) is 0 Å². The molecule has 0 aliphatic carbocycles. The molecule has 1 saturated heterocycles. The molecule has 7 nitrogen and oxygen atoms in total. The number of hydrogen-bond donors (Lipinski definition) is 1. The van der Waals surface area contributed by atoms with Gasteiger partial charge in [0.1, 0.15) is 11.4 Å². The molecule has 2 aliphatic rings. The van der Waals surface area contributed by atoms with Crippen LogP contribution >= 0.6 is 0 Å². The second kappa shape index (κ2) is 8.63. The quantitative estimate of drug-likeness (QED) is 0.805. The first-order chi connectivity index (χ1) is 14.9. The van der Waals surface area contributed by atoms with E-state index in [0.717, 1.165) is 25.1 Å². The Labute approximate surface area is 180 Å². The van der Waals surface area contributed by atoms with Gasteiger partial charge in [-0.3, -0.25) is 19.0 Å². The molecule has 1 atom stereocenters. The Bertz CT molecular complexity index is 1060. The summed E-state index contributed by atoms with van der Waals surface area (Å²) in [6.07, 6.45) is 3.67. The van der Waals surface area contributed by atoms with Crippen molar-refractivity contribution in [2.24, 2.45) is 5.92 Å². The normalized spacial score (nSPS) is 18.7. The van der Waals surface area contributed by atoms with Gasteiger partial charge in [0.25, 0.3) is 11.5 Å². The summed E-state index contributed by atoms with van der Waals surface area (Å²) in [4.78, 5) is 42.6. The molecule has 1 aromatic carbocycles. The van der Waals surface area contributed by atoms with Gasteiger partial charge in [-0.25, -0.2) is 4.39 Å². The number of aromatic nitrogens is 1. The standard InChI is InChI=1S/C23H27FN4O3/c1-25-22(30)21-19-8-10-27(20(29)11-15-7-9-26(2)12-15)13-16(19)14-28(23(21)31)18-5-3-17(24)4-6-18/h3-6,14-15H,7-13H2,1-2H3,(H,25,30). The smallest absolute Gasteiger partial charge is 0.268 e. The van der Waals surface area contributed by atoms with Crippen LogP contribution in [-0.2, 0) is 17.8 Å². The lowest BCUT2D eigenvalue weighted by atomic mass is 9.95. The predicted molar refractivity (Wildman–Crippen MR) is 115 cm³/mol. The SMILES string of the molecule is CNC(=O)c1c2c(cn(-c3ccc(F)cc3)c1=O)CN(C(=O)CC1CCN(C)C1)CC2. The topological polar surface area (TPSA) is 74.6 Å². The van der Waals surface area contributed by atoms with Crippen LogP contribution in [0.25, 0.3) is 5.69 Å². The summed E-state index contributed by atoms with van der Waals surface area (Å²) in [6, 6.07) is 5.54. The molecule has 0 saturated carbocycles. The summed E-state index contributed by atoms with van der Waals surface area (Å²) in [7, 11) is 3.55. The fourth-order valence-electron chi connectivity index (χ4n) is 4.59. The lowest BCUT2D eigenvalue weighted by Gasteiger charge is -2.31. The van der Waals surface area contributed by atoms with Crippen LogP contribution in [0.4, 0.5) is 4.39 Å². The van der Waals surface area contributed by atoms with Crippen molar-refractivity contribution in [2.45, 2.75) is 25.8 Å². The molecule has 8 heteroatoms. The van der Waals surface area contributed by atoms with Crippen LogP contribution in [0.15, 0.2) is 35.3 Å². The van der Waals surface area contributed by atoms with E-state index in [-0.39, 0.29) is 11.5 Å². The fraction of sp³-hybridized carbons (Fsp3) is 0.435. The van der Waals surface area contributed by atoms with Gasteiger partial charge in [-0.2, -0.15) is 0 Å². The number of likely N-dealkylation sites (tertiary alicyclic amines) is 1. The summed E-state index contributed by atoms with van der Waals surface area (Å²) < 4.78 is 14.7. The van der Waals surface area contributed by atoms with Crippen LogP contribution in [-0.4, -0.2) is 59.9 Å². The average Bonchev–Trinajstić information content (AvgIpc) is 3.17. The average molecular weight is 426 g/mol. The number of fused-ring (bicyclic) bond motifs is 1. The molecule has 1 fully saturated rings. The van der Waals surface area contributed by atoms with Gasteiger partial charge in [-0.15, -0.1) is 0 Å². The molecule has 1 unspecified atom stereocenters. The Balaban J connectivity index is 1.67. The molecule has 0 spiro atoms. The van der Waals surface area contributed by atoms with E-state index in [4.69, 9.17) is 0 Å². The summed E-state index contributed by atoms with van der Waals surface area (Å²) in [5, 5.41) is 2.55. The van der Waals surface area contributed by atoms with Gasteiger partial charge in [0.05, 0.1) is 0 Å². The number of amides is 2. The first-order valence-electron chi connectivity index (χ1n) is 10.6. The number of benzene rings is 1. The van der Waals surface area contributed by atoms with E-state index in [0.29, 0.717) is 43.1 Å². The van der Waals surface area contributed by atoms with Crippen molar-refractivity contribution < 1.29 is 14.0 Å². The maximum atomic E-state index is 13.4. The molecule has 0 radical (unpaired) electrons. The molecule has 31 heavy (non-hydrogen) atoms. The highest BCUT2D eigenvalue weighted by atomic mass is 19.1. The Morgan fingerprint density at radius 3 is 2.58 bits per heavy atom. The summed E-state index contributed by atoms with van der Waals surface area (Å²) in [5.41, 5.74) is 1.57. The lowest BCUT2D eigenvalue weighted by Crippen LogP contribution is -2.41. The van der Waals surface area contributed by atoms with E-state index in [1.54, 1.807) is 6.20 Å². The molecule has 3 heterocycles. The first-order valence-corrected chi connectivity index (χ1v) is 10.6. The number of nitrogens with one attached hydrogen (secondary N) is 1. The molecule has 2 amide bonds. The van der Waals surface area contributed by atoms with E-state index in [9.17, 15) is 18.8 Å². The van der Waals surface area contributed by atoms with Crippen molar-refractivity contribution in [3.63, 3.8) is 0 Å². The van der Waals surface area contributed by atoms with Crippen LogP contribution in [0, 0.1) is 11.7 Å². The third kappa shape index (κ3) is 4.25. The largest absolute Gasteiger partial charge is 0.355 e. The number of pyridine rings is 1. The van der Waals surface area contributed by atoms with E-state index in [1.165, 1.54) is 35.9 Å². The lowest BCUT2D eigenvalue weighted by molar-refractivity contribution is -0.133. The highest BCUT2D eigenvalue weighted by molar-refractivity contribution is 5.95. The first kappa shape index (κ1) is 21.2. The minimum Gasteiger partial charge on any atom is -0.355 e. The van der Waals surface area contributed by atoms with Gasteiger partial charge in [-0.05, 0) is 67.7 Å². The van der Waals surface area contributed by atoms with Gasteiger partial charge in [-0.1, -0.05) is 0 Å². The molecule has 0 bridgehead atoms. The fourth-order valence-corrected chi connectivity index (χ4v) is 4.59. The van der Waals surface area contributed by atoms with E-state index >= 15 is 0 Å². The van der Waals surface area contributed by atoms with Crippen LogP contribution in [0.5, 0.6) is 0 Å². The number of halogens is 1. The number of hydrogen-bond acceptors (Lipinski definition) is 4. The van der Waals surface area contributed by atoms with Crippen LogP contribution in [0.2, 0.25) is 0 Å². The second-order valence-electron chi connectivity index (χ2n) is 8.42. The minimum atomic E-state index is -0.452. The maximum absolute atomic E-state index is 13.4. The molecule has 2 aliphatic heterocycles. The molecule has 164 valence electrons. The van der Waals surface area contributed by atoms with Crippen LogP contribution < -0.4 is 10.9 Å².